The first-order valence-corrected chi connectivity index (χ1v) is 6.21. The van der Waals surface area contributed by atoms with Crippen LogP contribution < -0.4 is 5.66 Å². The number of hydrogen-bond donors (Lipinski definition) is 1. The fourth-order valence-electron chi connectivity index (χ4n) is 1.77. The van der Waals surface area contributed by atoms with Crippen molar-refractivity contribution in [2.75, 3.05) is 0 Å². The Morgan fingerprint density at radius 2 is 1.56 bits per heavy atom. The highest BCUT2D eigenvalue weighted by Gasteiger charge is 2.53. The van der Waals surface area contributed by atoms with E-state index < -0.39 is 12.7 Å². The maximum absolute atomic E-state index is 9.88. The van der Waals surface area contributed by atoms with Crippen molar-refractivity contribution in [2.45, 2.75) is 58.3 Å². The molecule has 2 heterocycles. The summed E-state index contributed by atoms with van der Waals surface area (Å²) in [6.45, 7) is 11.3. The molecule has 1 aromatic rings. The van der Waals surface area contributed by atoms with Crippen LogP contribution in [-0.4, -0.2) is 23.4 Å². The highest BCUT2D eigenvalue weighted by Crippen LogP contribution is 2.36. The molecule has 0 unspecified atom stereocenters. The Balaban J connectivity index is 2.23. The lowest BCUT2D eigenvalue weighted by molar-refractivity contribution is 0.00578. The molecule has 1 fully saturated rings. The average Bonchev–Trinajstić information content (AvgIpc) is 2.69. The van der Waals surface area contributed by atoms with Crippen LogP contribution in [0.5, 0.6) is 0 Å². The van der Waals surface area contributed by atoms with Crippen molar-refractivity contribution >= 4 is 12.8 Å². The van der Waals surface area contributed by atoms with Gasteiger partial charge in [-0.15, -0.1) is 0 Å². The molecule has 1 N–H and O–H groups in total. The van der Waals surface area contributed by atoms with E-state index in [0.717, 1.165) is 0 Å². The molecule has 0 atom stereocenters. The molecular formula is C13H21BO4. The summed E-state index contributed by atoms with van der Waals surface area (Å²) >= 11 is 0. The molecule has 0 amide bonds. The maximum Gasteiger partial charge on any atom is 0.532 e. The summed E-state index contributed by atoms with van der Waals surface area (Å²) in [5.74, 6) is 0.507. The lowest BCUT2D eigenvalue weighted by Gasteiger charge is -2.32. The Labute approximate surface area is 108 Å². The zero-order valence-electron chi connectivity index (χ0n) is 11.9. The van der Waals surface area contributed by atoms with Crippen molar-refractivity contribution < 1.29 is 18.8 Å². The molecule has 5 heteroatoms. The van der Waals surface area contributed by atoms with Crippen molar-refractivity contribution in [1.82, 2.24) is 0 Å². The minimum atomic E-state index is -0.998. The van der Waals surface area contributed by atoms with Crippen LogP contribution in [0.2, 0.25) is 0 Å². The lowest BCUT2D eigenvalue weighted by Crippen LogP contribution is -2.41. The second kappa shape index (κ2) is 3.86. The van der Waals surface area contributed by atoms with Crippen LogP contribution in [0.4, 0.5) is 0 Å². The number of aliphatic hydroxyl groups is 1. The van der Waals surface area contributed by atoms with Crippen molar-refractivity contribution in [2.24, 2.45) is 0 Å². The van der Waals surface area contributed by atoms with Gasteiger partial charge in [0, 0.05) is 0 Å². The lowest BCUT2D eigenvalue weighted by atomic mass is 9.86. The van der Waals surface area contributed by atoms with Crippen LogP contribution in [0.15, 0.2) is 16.5 Å². The first-order valence-electron chi connectivity index (χ1n) is 6.21. The van der Waals surface area contributed by atoms with E-state index in [1.807, 2.05) is 27.7 Å². The molecule has 1 aliphatic heterocycles. The second-order valence-corrected chi connectivity index (χ2v) is 6.35. The summed E-state index contributed by atoms with van der Waals surface area (Å²) in [7, 11) is -0.522. The fraction of sp³-hybridized carbons (Fsp3) is 0.692. The second-order valence-electron chi connectivity index (χ2n) is 6.35. The Kier molecular flexibility index (Phi) is 2.93. The van der Waals surface area contributed by atoms with Gasteiger partial charge < -0.3 is 18.8 Å². The summed E-state index contributed by atoms with van der Waals surface area (Å²) in [6.07, 6.45) is 0. The van der Waals surface area contributed by atoms with E-state index in [1.165, 1.54) is 0 Å². The van der Waals surface area contributed by atoms with Crippen molar-refractivity contribution in [3.05, 3.63) is 17.9 Å². The molecule has 1 aliphatic rings. The maximum atomic E-state index is 9.88. The van der Waals surface area contributed by atoms with Crippen molar-refractivity contribution in [3.8, 4) is 0 Å². The normalized spacial score (nSPS) is 22.5. The third-order valence-corrected chi connectivity index (χ3v) is 3.72. The van der Waals surface area contributed by atoms with E-state index in [1.54, 1.807) is 26.0 Å². The quantitative estimate of drug-likeness (QED) is 0.815. The van der Waals surface area contributed by atoms with E-state index in [-0.39, 0.29) is 11.2 Å². The molecule has 0 aliphatic carbocycles. The summed E-state index contributed by atoms with van der Waals surface area (Å²) in [5.41, 5.74) is -1.19. The van der Waals surface area contributed by atoms with Gasteiger partial charge in [0.15, 0.2) is 0 Å². The highest BCUT2D eigenvalue weighted by atomic mass is 16.7. The van der Waals surface area contributed by atoms with E-state index in [0.29, 0.717) is 11.4 Å². The molecule has 0 saturated carbocycles. The van der Waals surface area contributed by atoms with E-state index in [4.69, 9.17) is 13.7 Å². The third-order valence-electron chi connectivity index (χ3n) is 3.72. The summed E-state index contributed by atoms with van der Waals surface area (Å²) in [5, 5.41) is 9.88. The standard InChI is InChI=1S/C13H21BO4/c1-11(2,15)9-7-8-10(16-9)14-17-12(3,4)13(5,6)18-14/h7-8,15H,1-6H3. The Morgan fingerprint density at radius 1 is 1.06 bits per heavy atom. The van der Waals surface area contributed by atoms with Crippen LogP contribution in [0.25, 0.3) is 0 Å². The highest BCUT2D eigenvalue weighted by molar-refractivity contribution is 6.60. The molecule has 1 saturated heterocycles. The Morgan fingerprint density at radius 3 is 1.94 bits per heavy atom. The van der Waals surface area contributed by atoms with Gasteiger partial charge in [-0.3, -0.25) is 0 Å². The van der Waals surface area contributed by atoms with Gasteiger partial charge in [-0.25, -0.2) is 0 Å². The van der Waals surface area contributed by atoms with E-state index in [9.17, 15) is 5.11 Å². The van der Waals surface area contributed by atoms with Gasteiger partial charge in [0.25, 0.3) is 0 Å². The molecule has 0 spiro atoms. The van der Waals surface area contributed by atoms with Gasteiger partial charge in [0.05, 0.1) is 11.2 Å². The van der Waals surface area contributed by atoms with E-state index >= 15 is 0 Å². The molecule has 2 rings (SSSR count). The summed E-state index contributed by atoms with van der Waals surface area (Å²) in [6, 6.07) is 3.54. The third kappa shape index (κ3) is 2.22. The van der Waals surface area contributed by atoms with Crippen LogP contribution in [0.1, 0.15) is 47.3 Å². The zero-order chi connectivity index (χ0) is 13.8. The summed E-state index contributed by atoms with van der Waals surface area (Å²) < 4.78 is 17.4. The zero-order valence-corrected chi connectivity index (χ0v) is 11.9. The number of hydrogen-bond acceptors (Lipinski definition) is 4. The van der Waals surface area contributed by atoms with Crippen molar-refractivity contribution in [1.29, 1.82) is 0 Å². The first-order chi connectivity index (χ1) is 8.03. The van der Waals surface area contributed by atoms with Gasteiger partial charge >= 0.3 is 7.12 Å². The average molecular weight is 252 g/mol. The molecule has 18 heavy (non-hydrogen) atoms. The van der Waals surface area contributed by atoms with Crippen LogP contribution >= 0.6 is 0 Å². The Bertz CT molecular complexity index is 426. The van der Waals surface area contributed by atoms with Crippen molar-refractivity contribution in [3.63, 3.8) is 0 Å². The van der Waals surface area contributed by atoms with Gasteiger partial charge in [0.1, 0.15) is 17.0 Å². The topological polar surface area (TPSA) is 51.8 Å². The fourth-order valence-corrected chi connectivity index (χ4v) is 1.77. The predicted octanol–water partition coefficient (Wildman–Crippen LogP) is 1.81. The van der Waals surface area contributed by atoms with Crippen LogP contribution in [0.3, 0.4) is 0 Å². The summed E-state index contributed by atoms with van der Waals surface area (Å²) in [4.78, 5) is 0. The van der Waals surface area contributed by atoms with Gasteiger partial charge in [-0.2, -0.15) is 0 Å². The minimum absolute atomic E-state index is 0.390. The van der Waals surface area contributed by atoms with Crippen LogP contribution in [-0.2, 0) is 14.9 Å². The van der Waals surface area contributed by atoms with Gasteiger partial charge in [-0.1, -0.05) is 0 Å². The minimum Gasteiger partial charge on any atom is -0.467 e. The van der Waals surface area contributed by atoms with Gasteiger partial charge in [-0.05, 0) is 53.7 Å². The predicted molar refractivity (Wildman–Crippen MR) is 69.7 cm³/mol. The van der Waals surface area contributed by atoms with E-state index in [2.05, 4.69) is 0 Å². The number of furan rings is 1. The monoisotopic (exact) mass is 252 g/mol. The molecule has 0 radical (unpaired) electrons. The SMILES string of the molecule is CC(C)(O)c1ccc(B2OC(C)(C)C(C)(C)O2)o1. The molecular weight excluding hydrogens is 231 g/mol. The largest absolute Gasteiger partial charge is 0.532 e. The number of rotatable bonds is 2. The van der Waals surface area contributed by atoms with Crippen LogP contribution in [0, 0.1) is 0 Å². The Hall–Kier alpha value is -0.775. The molecule has 0 bridgehead atoms. The van der Waals surface area contributed by atoms with Gasteiger partial charge in [0.2, 0.25) is 0 Å². The molecule has 100 valence electrons. The molecule has 0 aromatic carbocycles. The molecule has 1 aromatic heterocycles. The molecule has 4 nitrogen and oxygen atoms in total. The first kappa shape index (κ1) is 13.7. The smallest absolute Gasteiger partial charge is 0.467 e.